The van der Waals surface area contributed by atoms with Gasteiger partial charge in [0.05, 0.1) is 5.92 Å². The highest BCUT2D eigenvalue weighted by Crippen LogP contribution is 2.41. The monoisotopic (exact) mass is 293 g/mol. The summed E-state index contributed by atoms with van der Waals surface area (Å²) in [4.78, 5) is 4.74. The number of nitrogens with one attached hydrogen (secondary N) is 1. The summed E-state index contributed by atoms with van der Waals surface area (Å²) in [5, 5.41) is 7.75. The SMILES string of the molecule is CCNC(C)C(CC)c1nc(C2CCC(C)(C)CC2)no1. The quantitative estimate of drug-likeness (QED) is 0.852. The Balaban J connectivity index is 2.03. The van der Waals surface area contributed by atoms with Crippen LogP contribution in [-0.4, -0.2) is 22.7 Å². The molecule has 0 radical (unpaired) electrons. The summed E-state index contributed by atoms with van der Waals surface area (Å²) < 4.78 is 5.59. The van der Waals surface area contributed by atoms with E-state index in [0.717, 1.165) is 24.7 Å². The molecule has 1 N–H and O–H groups in total. The molecule has 4 nitrogen and oxygen atoms in total. The van der Waals surface area contributed by atoms with Gasteiger partial charge in [-0.15, -0.1) is 0 Å². The molecule has 120 valence electrons. The summed E-state index contributed by atoms with van der Waals surface area (Å²) in [6.07, 6.45) is 5.91. The van der Waals surface area contributed by atoms with Crippen LogP contribution < -0.4 is 5.32 Å². The molecule has 4 heteroatoms. The first kappa shape index (κ1) is 16.5. The number of hydrogen-bond acceptors (Lipinski definition) is 4. The zero-order valence-electron chi connectivity index (χ0n) is 14.3. The molecule has 0 amide bonds. The van der Waals surface area contributed by atoms with Gasteiger partial charge in [0.25, 0.3) is 0 Å². The maximum Gasteiger partial charge on any atom is 0.231 e. The topological polar surface area (TPSA) is 51.0 Å². The first-order chi connectivity index (χ1) is 9.96. The molecule has 0 bridgehead atoms. The lowest BCUT2D eigenvalue weighted by Gasteiger charge is -2.32. The first-order valence-electron chi connectivity index (χ1n) is 8.53. The van der Waals surface area contributed by atoms with Crippen LogP contribution >= 0.6 is 0 Å². The molecule has 2 rings (SSSR count). The molecular weight excluding hydrogens is 262 g/mol. The Morgan fingerprint density at radius 3 is 2.52 bits per heavy atom. The van der Waals surface area contributed by atoms with E-state index < -0.39 is 0 Å². The molecule has 1 aliphatic rings. The average Bonchev–Trinajstić information content (AvgIpc) is 2.89. The van der Waals surface area contributed by atoms with Gasteiger partial charge < -0.3 is 9.84 Å². The lowest BCUT2D eigenvalue weighted by molar-refractivity contribution is 0.218. The average molecular weight is 293 g/mol. The molecule has 0 saturated heterocycles. The number of likely N-dealkylation sites (N-methyl/N-ethyl adjacent to an activating group) is 1. The highest BCUT2D eigenvalue weighted by molar-refractivity contribution is 5.03. The van der Waals surface area contributed by atoms with E-state index in [1.165, 1.54) is 25.7 Å². The largest absolute Gasteiger partial charge is 0.339 e. The van der Waals surface area contributed by atoms with E-state index in [-0.39, 0.29) is 0 Å². The predicted molar refractivity (Wildman–Crippen MR) is 85.5 cm³/mol. The van der Waals surface area contributed by atoms with Gasteiger partial charge in [-0.25, -0.2) is 0 Å². The van der Waals surface area contributed by atoms with Crippen molar-refractivity contribution in [3.8, 4) is 0 Å². The van der Waals surface area contributed by atoms with Gasteiger partial charge in [0, 0.05) is 12.0 Å². The van der Waals surface area contributed by atoms with Crippen LogP contribution in [0.5, 0.6) is 0 Å². The Hall–Kier alpha value is -0.900. The highest BCUT2D eigenvalue weighted by Gasteiger charge is 2.31. The van der Waals surface area contributed by atoms with Crippen molar-refractivity contribution >= 4 is 0 Å². The minimum absolute atomic E-state index is 0.311. The van der Waals surface area contributed by atoms with E-state index in [4.69, 9.17) is 9.51 Å². The van der Waals surface area contributed by atoms with Crippen LogP contribution in [-0.2, 0) is 0 Å². The zero-order valence-corrected chi connectivity index (χ0v) is 14.3. The molecule has 0 aliphatic heterocycles. The number of nitrogens with zero attached hydrogens (tertiary/aromatic N) is 2. The van der Waals surface area contributed by atoms with Crippen LogP contribution in [0.3, 0.4) is 0 Å². The summed E-state index contributed by atoms with van der Waals surface area (Å²) >= 11 is 0. The number of rotatable bonds is 6. The van der Waals surface area contributed by atoms with Crippen LogP contribution in [0.15, 0.2) is 4.52 Å². The molecule has 1 heterocycles. The van der Waals surface area contributed by atoms with Crippen molar-refractivity contribution < 1.29 is 4.52 Å². The van der Waals surface area contributed by atoms with E-state index in [1.807, 2.05) is 0 Å². The lowest BCUT2D eigenvalue weighted by Crippen LogP contribution is -2.32. The molecule has 2 atom stereocenters. The van der Waals surface area contributed by atoms with Crippen LogP contribution in [0.4, 0.5) is 0 Å². The second-order valence-electron chi connectivity index (χ2n) is 7.29. The molecule has 0 aromatic carbocycles. The Labute approximate surface area is 129 Å². The Morgan fingerprint density at radius 2 is 1.95 bits per heavy atom. The smallest absolute Gasteiger partial charge is 0.231 e. The maximum absolute atomic E-state index is 5.59. The van der Waals surface area contributed by atoms with Crippen molar-refractivity contribution in [2.24, 2.45) is 5.41 Å². The van der Waals surface area contributed by atoms with Crippen molar-refractivity contribution in [2.45, 2.75) is 84.6 Å². The van der Waals surface area contributed by atoms with E-state index in [2.05, 4.69) is 45.1 Å². The standard InChI is InChI=1S/C17H31N3O/c1-6-14(12(3)18-7-2)16-19-15(20-21-16)13-8-10-17(4,5)11-9-13/h12-14,18H,6-11H2,1-5H3. The second kappa shape index (κ2) is 6.91. The van der Waals surface area contributed by atoms with Gasteiger partial charge in [0.2, 0.25) is 5.89 Å². The van der Waals surface area contributed by atoms with Crippen molar-refractivity contribution in [3.63, 3.8) is 0 Å². The van der Waals surface area contributed by atoms with Gasteiger partial charge >= 0.3 is 0 Å². The fraction of sp³-hybridized carbons (Fsp3) is 0.882. The zero-order chi connectivity index (χ0) is 15.5. The summed E-state index contributed by atoms with van der Waals surface area (Å²) in [5.41, 5.74) is 0.481. The van der Waals surface area contributed by atoms with Crippen molar-refractivity contribution in [1.82, 2.24) is 15.5 Å². The summed E-state index contributed by atoms with van der Waals surface area (Å²) in [5.74, 6) is 2.54. The van der Waals surface area contributed by atoms with Gasteiger partial charge in [0.1, 0.15) is 0 Å². The molecule has 1 fully saturated rings. The molecule has 1 aromatic heterocycles. The maximum atomic E-state index is 5.59. The van der Waals surface area contributed by atoms with Crippen molar-refractivity contribution in [3.05, 3.63) is 11.7 Å². The second-order valence-corrected chi connectivity index (χ2v) is 7.29. The van der Waals surface area contributed by atoms with Gasteiger partial charge in [-0.3, -0.25) is 0 Å². The van der Waals surface area contributed by atoms with E-state index in [1.54, 1.807) is 0 Å². The third kappa shape index (κ3) is 4.06. The minimum atomic E-state index is 0.311. The third-order valence-electron chi connectivity index (χ3n) is 5.05. The summed E-state index contributed by atoms with van der Waals surface area (Å²) in [6.45, 7) is 12.2. The Bertz CT molecular complexity index is 431. The van der Waals surface area contributed by atoms with Gasteiger partial charge in [-0.2, -0.15) is 4.98 Å². The molecule has 0 spiro atoms. The van der Waals surface area contributed by atoms with E-state index in [9.17, 15) is 0 Å². The lowest BCUT2D eigenvalue weighted by atomic mass is 9.73. The number of aromatic nitrogens is 2. The third-order valence-corrected chi connectivity index (χ3v) is 5.05. The van der Waals surface area contributed by atoms with Crippen LogP contribution in [0, 0.1) is 5.41 Å². The normalized spacial score (nSPS) is 22.1. The van der Waals surface area contributed by atoms with Crippen LogP contribution in [0.25, 0.3) is 0 Å². The molecule has 1 aliphatic carbocycles. The van der Waals surface area contributed by atoms with Gasteiger partial charge in [-0.1, -0.05) is 32.9 Å². The molecular formula is C17H31N3O. The summed E-state index contributed by atoms with van der Waals surface area (Å²) in [6, 6.07) is 0.374. The van der Waals surface area contributed by atoms with Crippen molar-refractivity contribution in [2.75, 3.05) is 6.54 Å². The van der Waals surface area contributed by atoms with Gasteiger partial charge in [0.15, 0.2) is 5.82 Å². The summed E-state index contributed by atoms with van der Waals surface area (Å²) in [7, 11) is 0. The Kier molecular flexibility index (Phi) is 5.42. The molecule has 1 saturated carbocycles. The number of hydrogen-bond donors (Lipinski definition) is 1. The van der Waals surface area contributed by atoms with E-state index in [0.29, 0.717) is 23.3 Å². The van der Waals surface area contributed by atoms with Crippen molar-refractivity contribution in [1.29, 1.82) is 0 Å². The molecule has 1 aromatic rings. The Morgan fingerprint density at radius 1 is 1.29 bits per heavy atom. The first-order valence-corrected chi connectivity index (χ1v) is 8.53. The minimum Gasteiger partial charge on any atom is -0.339 e. The molecule has 2 unspecified atom stereocenters. The van der Waals surface area contributed by atoms with Crippen LogP contribution in [0.1, 0.15) is 90.3 Å². The fourth-order valence-corrected chi connectivity index (χ4v) is 3.43. The fourth-order valence-electron chi connectivity index (χ4n) is 3.43. The highest BCUT2D eigenvalue weighted by atomic mass is 16.5. The van der Waals surface area contributed by atoms with Gasteiger partial charge in [-0.05, 0) is 51.0 Å². The van der Waals surface area contributed by atoms with E-state index >= 15 is 0 Å². The molecule has 21 heavy (non-hydrogen) atoms. The predicted octanol–water partition coefficient (Wildman–Crippen LogP) is 4.25. The van der Waals surface area contributed by atoms with Crippen LogP contribution in [0.2, 0.25) is 0 Å².